The van der Waals surface area contributed by atoms with Crippen LogP contribution in [0.5, 0.6) is 0 Å². The summed E-state index contributed by atoms with van der Waals surface area (Å²) in [7, 11) is 0. The molecule has 0 rings (SSSR count). The molecule has 5 heteroatoms. The second kappa shape index (κ2) is 14.9. The summed E-state index contributed by atoms with van der Waals surface area (Å²) in [5, 5.41) is 8.56. The summed E-state index contributed by atoms with van der Waals surface area (Å²) in [6, 6.07) is 0. The van der Waals surface area contributed by atoms with Crippen molar-refractivity contribution in [2.75, 3.05) is 39.6 Å². The Kier molecular flexibility index (Phi) is 14.5. The Bertz CT molecular complexity index is 277. The molecule has 0 spiro atoms. The van der Waals surface area contributed by atoms with Gasteiger partial charge in [-0.15, -0.1) is 0 Å². The molecule has 0 saturated carbocycles. The van der Waals surface area contributed by atoms with Crippen molar-refractivity contribution in [3.63, 3.8) is 0 Å². The van der Waals surface area contributed by atoms with Gasteiger partial charge in [-0.3, -0.25) is 4.79 Å². The number of carbonyl (C=O) groups excluding carboxylic acids is 1. The first-order valence-corrected chi connectivity index (χ1v) is 9.10. The Morgan fingerprint density at radius 1 is 0.870 bits per heavy atom. The van der Waals surface area contributed by atoms with Gasteiger partial charge in [-0.1, -0.05) is 46.5 Å². The molecule has 0 aromatic rings. The van der Waals surface area contributed by atoms with Crippen molar-refractivity contribution in [1.29, 1.82) is 0 Å². The highest BCUT2D eigenvalue weighted by atomic mass is 16.6. The summed E-state index contributed by atoms with van der Waals surface area (Å²) < 4.78 is 15.8. The first-order chi connectivity index (χ1) is 11.2. The second-order valence-electron chi connectivity index (χ2n) is 5.88. The van der Waals surface area contributed by atoms with Gasteiger partial charge in [-0.25, -0.2) is 0 Å². The minimum absolute atomic E-state index is 0.0198. The Morgan fingerprint density at radius 2 is 1.48 bits per heavy atom. The molecule has 0 atom stereocenters. The molecule has 0 radical (unpaired) electrons. The SMILES string of the molecule is CCCCCCC(CC)(CC)C(=O)OCCOCCOCCO. The fraction of sp³-hybridized carbons (Fsp3) is 0.944. The van der Waals surface area contributed by atoms with Crippen LogP contribution >= 0.6 is 0 Å². The van der Waals surface area contributed by atoms with Crippen molar-refractivity contribution in [3.8, 4) is 0 Å². The fourth-order valence-corrected chi connectivity index (χ4v) is 2.62. The van der Waals surface area contributed by atoms with E-state index in [0.29, 0.717) is 26.4 Å². The van der Waals surface area contributed by atoms with Gasteiger partial charge in [0.2, 0.25) is 0 Å². The summed E-state index contributed by atoms with van der Waals surface area (Å²) >= 11 is 0. The number of rotatable bonds is 16. The van der Waals surface area contributed by atoms with E-state index in [4.69, 9.17) is 19.3 Å². The third-order valence-electron chi connectivity index (χ3n) is 4.36. The van der Waals surface area contributed by atoms with Crippen LogP contribution in [0.1, 0.15) is 65.7 Å². The number of carbonyl (C=O) groups is 1. The summed E-state index contributed by atoms with van der Waals surface area (Å²) in [6.07, 6.45) is 7.26. The lowest BCUT2D eigenvalue weighted by molar-refractivity contribution is -0.159. The van der Waals surface area contributed by atoms with E-state index in [9.17, 15) is 4.79 Å². The number of aliphatic hydroxyl groups is 1. The van der Waals surface area contributed by atoms with E-state index < -0.39 is 0 Å². The van der Waals surface area contributed by atoms with E-state index >= 15 is 0 Å². The number of hydrogen-bond donors (Lipinski definition) is 1. The average Bonchev–Trinajstić information content (AvgIpc) is 2.57. The largest absolute Gasteiger partial charge is 0.463 e. The number of hydrogen-bond acceptors (Lipinski definition) is 5. The van der Waals surface area contributed by atoms with Gasteiger partial charge >= 0.3 is 5.97 Å². The van der Waals surface area contributed by atoms with Gasteiger partial charge in [0.15, 0.2) is 0 Å². The number of esters is 1. The Morgan fingerprint density at radius 3 is 2.04 bits per heavy atom. The van der Waals surface area contributed by atoms with Gasteiger partial charge in [0.05, 0.1) is 38.4 Å². The number of unbranched alkanes of at least 4 members (excludes halogenated alkanes) is 3. The van der Waals surface area contributed by atoms with Crippen molar-refractivity contribution in [2.45, 2.75) is 65.7 Å². The smallest absolute Gasteiger partial charge is 0.312 e. The van der Waals surface area contributed by atoms with Crippen LogP contribution in [0.4, 0.5) is 0 Å². The molecule has 0 saturated heterocycles. The minimum Gasteiger partial charge on any atom is -0.463 e. The Hall–Kier alpha value is -0.650. The summed E-state index contributed by atoms with van der Waals surface area (Å²) in [5.74, 6) is -0.0841. The Labute approximate surface area is 141 Å². The lowest BCUT2D eigenvalue weighted by Gasteiger charge is -2.29. The van der Waals surface area contributed by atoms with Gasteiger partial charge < -0.3 is 19.3 Å². The van der Waals surface area contributed by atoms with Crippen LogP contribution in [0.25, 0.3) is 0 Å². The van der Waals surface area contributed by atoms with E-state index in [2.05, 4.69) is 20.8 Å². The van der Waals surface area contributed by atoms with Gasteiger partial charge in [-0.05, 0) is 19.3 Å². The van der Waals surface area contributed by atoms with Crippen LogP contribution in [0.15, 0.2) is 0 Å². The summed E-state index contributed by atoms with van der Waals surface area (Å²) in [4.78, 5) is 12.4. The predicted molar refractivity (Wildman–Crippen MR) is 91.5 cm³/mol. The van der Waals surface area contributed by atoms with Crippen molar-refractivity contribution in [3.05, 3.63) is 0 Å². The molecule has 0 aromatic carbocycles. The highest BCUT2D eigenvalue weighted by molar-refractivity contribution is 5.76. The van der Waals surface area contributed by atoms with Crippen molar-refractivity contribution in [1.82, 2.24) is 0 Å². The second-order valence-corrected chi connectivity index (χ2v) is 5.88. The zero-order valence-electron chi connectivity index (χ0n) is 15.3. The lowest BCUT2D eigenvalue weighted by atomic mass is 9.77. The quantitative estimate of drug-likeness (QED) is 0.347. The van der Waals surface area contributed by atoms with Gasteiger partial charge in [-0.2, -0.15) is 0 Å². The maximum atomic E-state index is 12.4. The predicted octanol–water partition coefficient (Wildman–Crippen LogP) is 3.33. The Balaban J connectivity index is 3.96. The molecule has 0 heterocycles. The van der Waals surface area contributed by atoms with E-state index in [1.807, 2.05) is 0 Å². The third kappa shape index (κ3) is 9.95. The van der Waals surface area contributed by atoms with Crippen LogP contribution in [0, 0.1) is 5.41 Å². The van der Waals surface area contributed by atoms with Crippen LogP contribution < -0.4 is 0 Å². The molecule has 0 aliphatic carbocycles. The maximum Gasteiger partial charge on any atom is 0.312 e. The lowest BCUT2D eigenvalue weighted by Crippen LogP contribution is -2.32. The molecule has 1 N–H and O–H groups in total. The highest BCUT2D eigenvalue weighted by Crippen LogP contribution is 2.34. The van der Waals surface area contributed by atoms with Crippen LogP contribution in [-0.2, 0) is 19.0 Å². The molecule has 23 heavy (non-hydrogen) atoms. The molecule has 0 aromatic heterocycles. The van der Waals surface area contributed by atoms with Crippen molar-refractivity contribution in [2.24, 2.45) is 5.41 Å². The van der Waals surface area contributed by atoms with Gasteiger partial charge in [0, 0.05) is 0 Å². The summed E-state index contributed by atoms with van der Waals surface area (Å²) in [6.45, 7) is 8.23. The average molecular weight is 332 g/mol. The topological polar surface area (TPSA) is 65.0 Å². The monoisotopic (exact) mass is 332 g/mol. The van der Waals surface area contributed by atoms with E-state index in [1.54, 1.807) is 0 Å². The van der Waals surface area contributed by atoms with Crippen LogP contribution in [-0.4, -0.2) is 50.7 Å². The normalized spacial score (nSPS) is 11.7. The maximum absolute atomic E-state index is 12.4. The first-order valence-electron chi connectivity index (χ1n) is 9.10. The molecule has 138 valence electrons. The molecule has 5 nitrogen and oxygen atoms in total. The number of ether oxygens (including phenoxy) is 3. The zero-order valence-corrected chi connectivity index (χ0v) is 15.3. The van der Waals surface area contributed by atoms with Gasteiger partial charge in [0.25, 0.3) is 0 Å². The highest BCUT2D eigenvalue weighted by Gasteiger charge is 2.35. The molecule has 0 aliphatic rings. The van der Waals surface area contributed by atoms with E-state index in [0.717, 1.165) is 25.7 Å². The molecule has 0 bridgehead atoms. The van der Waals surface area contributed by atoms with Crippen molar-refractivity contribution >= 4 is 5.97 Å². The standard InChI is InChI=1S/C18H36O5/c1-4-7-8-9-10-18(5-2,6-3)17(20)23-16-15-22-14-13-21-12-11-19/h19H,4-16H2,1-3H3. The molecule has 0 fully saturated rings. The molecule has 0 unspecified atom stereocenters. The van der Waals surface area contributed by atoms with Crippen LogP contribution in [0.3, 0.4) is 0 Å². The zero-order chi connectivity index (χ0) is 17.4. The van der Waals surface area contributed by atoms with E-state index in [-0.39, 0.29) is 24.6 Å². The third-order valence-corrected chi connectivity index (χ3v) is 4.36. The summed E-state index contributed by atoms with van der Waals surface area (Å²) in [5.41, 5.74) is -0.335. The van der Waals surface area contributed by atoms with Crippen LogP contribution in [0.2, 0.25) is 0 Å². The molecular formula is C18H36O5. The minimum atomic E-state index is -0.335. The van der Waals surface area contributed by atoms with Gasteiger partial charge in [0.1, 0.15) is 6.61 Å². The number of aliphatic hydroxyl groups excluding tert-OH is 1. The van der Waals surface area contributed by atoms with E-state index in [1.165, 1.54) is 19.3 Å². The van der Waals surface area contributed by atoms with Crippen molar-refractivity contribution < 1.29 is 24.1 Å². The molecule has 0 aliphatic heterocycles. The fourth-order valence-electron chi connectivity index (χ4n) is 2.62. The first kappa shape index (κ1) is 22.4. The molecule has 0 amide bonds. The molecular weight excluding hydrogens is 296 g/mol.